The number of benzene rings is 2. The number of rotatable bonds is 5. The third kappa shape index (κ3) is 4.43. The monoisotopic (exact) mass is 388 g/mol. The molecular weight excluding hydrogens is 364 g/mol. The number of aromatic nitrogens is 1. The minimum Gasteiger partial charge on any atom is -0.347 e. The van der Waals surface area contributed by atoms with Crippen molar-refractivity contribution < 1.29 is 9.59 Å². The van der Waals surface area contributed by atoms with Crippen molar-refractivity contribution in [3.63, 3.8) is 0 Å². The fourth-order valence-corrected chi connectivity index (χ4v) is 3.83. The maximum atomic E-state index is 12.8. The van der Waals surface area contributed by atoms with Crippen LogP contribution in [0.4, 0.5) is 0 Å². The van der Waals surface area contributed by atoms with Crippen molar-refractivity contribution in [1.82, 2.24) is 20.5 Å². The molecule has 2 amide bonds. The van der Waals surface area contributed by atoms with Gasteiger partial charge in [0.25, 0.3) is 0 Å². The summed E-state index contributed by atoms with van der Waals surface area (Å²) < 4.78 is 0. The SMILES string of the molecule is O=C(Cc1cccc2ccccc12)NCC(=O)N1CCNCC1c1cccnc1. The lowest BCUT2D eigenvalue weighted by atomic mass is 10.0. The second-order valence-corrected chi connectivity index (χ2v) is 7.19. The number of amides is 2. The normalized spacial score (nSPS) is 16.6. The van der Waals surface area contributed by atoms with Crippen LogP contribution >= 0.6 is 0 Å². The van der Waals surface area contributed by atoms with E-state index in [0.29, 0.717) is 13.1 Å². The molecule has 6 heteroatoms. The summed E-state index contributed by atoms with van der Waals surface area (Å²) in [4.78, 5) is 31.3. The molecule has 1 aromatic heterocycles. The highest BCUT2D eigenvalue weighted by Gasteiger charge is 2.28. The molecule has 0 saturated carbocycles. The number of hydrogen-bond donors (Lipinski definition) is 2. The summed E-state index contributed by atoms with van der Waals surface area (Å²) in [6, 6.07) is 17.7. The van der Waals surface area contributed by atoms with Gasteiger partial charge in [-0.25, -0.2) is 0 Å². The van der Waals surface area contributed by atoms with Crippen LogP contribution in [-0.4, -0.2) is 47.9 Å². The lowest BCUT2D eigenvalue weighted by Gasteiger charge is -2.36. The Bertz CT molecular complexity index is 1000. The van der Waals surface area contributed by atoms with Gasteiger partial charge in [-0.05, 0) is 28.0 Å². The van der Waals surface area contributed by atoms with E-state index in [9.17, 15) is 9.59 Å². The molecule has 2 N–H and O–H groups in total. The van der Waals surface area contributed by atoms with Gasteiger partial charge in [0.2, 0.25) is 11.8 Å². The first-order valence-corrected chi connectivity index (χ1v) is 9.86. The van der Waals surface area contributed by atoms with Crippen molar-refractivity contribution in [3.8, 4) is 0 Å². The molecule has 0 spiro atoms. The number of fused-ring (bicyclic) bond motifs is 1. The zero-order valence-corrected chi connectivity index (χ0v) is 16.2. The molecule has 1 unspecified atom stereocenters. The Morgan fingerprint density at radius 3 is 2.83 bits per heavy atom. The van der Waals surface area contributed by atoms with Gasteiger partial charge in [0, 0.05) is 32.0 Å². The van der Waals surface area contributed by atoms with Crippen molar-refractivity contribution in [3.05, 3.63) is 78.1 Å². The Balaban J connectivity index is 1.39. The van der Waals surface area contributed by atoms with Crippen molar-refractivity contribution in [2.45, 2.75) is 12.5 Å². The van der Waals surface area contributed by atoms with Crippen LogP contribution in [0, 0.1) is 0 Å². The Morgan fingerprint density at radius 1 is 1.10 bits per heavy atom. The average Bonchev–Trinajstić information content (AvgIpc) is 2.78. The van der Waals surface area contributed by atoms with Gasteiger partial charge in [-0.3, -0.25) is 14.6 Å². The van der Waals surface area contributed by atoms with Crippen molar-refractivity contribution in [2.24, 2.45) is 0 Å². The van der Waals surface area contributed by atoms with Crippen LogP contribution in [0.1, 0.15) is 17.2 Å². The van der Waals surface area contributed by atoms with Gasteiger partial charge in [0.15, 0.2) is 0 Å². The van der Waals surface area contributed by atoms with E-state index >= 15 is 0 Å². The highest BCUT2D eigenvalue weighted by atomic mass is 16.2. The molecule has 148 valence electrons. The van der Waals surface area contributed by atoms with Crippen LogP contribution in [0.5, 0.6) is 0 Å². The van der Waals surface area contributed by atoms with Crippen LogP contribution in [0.25, 0.3) is 10.8 Å². The maximum Gasteiger partial charge on any atom is 0.242 e. The molecule has 3 aromatic rings. The van der Waals surface area contributed by atoms with Crippen molar-refractivity contribution in [2.75, 3.05) is 26.2 Å². The summed E-state index contributed by atoms with van der Waals surface area (Å²) in [6.07, 6.45) is 3.76. The fourth-order valence-electron chi connectivity index (χ4n) is 3.83. The summed E-state index contributed by atoms with van der Waals surface area (Å²) in [5.41, 5.74) is 1.96. The first-order chi connectivity index (χ1) is 14.2. The standard InChI is InChI=1S/C23H24N4O2/c28-22(13-18-7-3-6-17-5-1-2-9-20(17)18)26-16-23(29)27-12-11-25-15-21(27)19-8-4-10-24-14-19/h1-10,14,21,25H,11-13,15-16H2,(H,26,28). The molecular formula is C23H24N4O2. The van der Waals surface area contributed by atoms with Gasteiger partial charge in [0.1, 0.15) is 0 Å². The Kier molecular flexibility index (Phi) is 5.81. The lowest BCUT2D eigenvalue weighted by Crippen LogP contribution is -2.51. The largest absolute Gasteiger partial charge is 0.347 e. The van der Waals surface area contributed by atoms with Crippen LogP contribution < -0.4 is 10.6 Å². The Hall–Kier alpha value is -3.25. The molecule has 1 aliphatic rings. The molecule has 29 heavy (non-hydrogen) atoms. The number of nitrogens with one attached hydrogen (secondary N) is 2. The van der Waals surface area contributed by atoms with Gasteiger partial charge in [0.05, 0.1) is 19.0 Å². The lowest BCUT2D eigenvalue weighted by molar-refractivity contribution is -0.135. The van der Waals surface area contributed by atoms with Gasteiger partial charge in [-0.15, -0.1) is 0 Å². The summed E-state index contributed by atoms with van der Waals surface area (Å²) in [6.45, 7) is 2.03. The maximum absolute atomic E-state index is 12.8. The second kappa shape index (κ2) is 8.84. The summed E-state index contributed by atoms with van der Waals surface area (Å²) in [7, 11) is 0. The molecule has 4 rings (SSSR count). The molecule has 2 aromatic carbocycles. The number of nitrogens with zero attached hydrogens (tertiary/aromatic N) is 2. The third-order valence-corrected chi connectivity index (χ3v) is 5.30. The topological polar surface area (TPSA) is 74.3 Å². The molecule has 0 bridgehead atoms. The van der Waals surface area contributed by atoms with Crippen LogP contribution in [0.2, 0.25) is 0 Å². The van der Waals surface area contributed by atoms with Crippen LogP contribution in [0.15, 0.2) is 67.0 Å². The van der Waals surface area contributed by atoms with Crippen molar-refractivity contribution >= 4 is 22.6 Å². The van der Waals surface area contributed by atoms with E-state index in [1.165, 1.54) is 0 Å². The number of hydrogen-bond acceptors (Lipinski definition) is 4. The highest BCUT2D eigenvalue weighted by molar-refractivity contribution is 5.91. The second-order valence-electron chi connectivity index (χ2n) is 7.19. The van der Waals surface area contributed by atoms with E-state index in [1.807, 2.05) is 59.5 Å². The molecule has 0 aliphatic carbocycles. The Labute approximate surface area is 169 Å². The molecule has 1 aliphatic heterocycles. The molecule has 2 heterocycles. The molecule has 0 radical (unpaired) electrons. The fraction of sp³-hybridized carbons (Fsp3) is 0.261. The number of piperazine rings is 1. The van der Waals surface area contributed by atoms with E-state index in [1.54, 1.807) is 12.4 Å². The zero-order chi connectivity index (χ0) is 20.1. The molecule has 1 fully saturated rings. The van der Waals surface area contributed by atoms with E-state index < -0.39 is 0 Å². The van der Waals surface area contributed by atoms with Crippen LogP contribution in [-0.2, 0) is 16.0 Å². The smallest absolute Gasteiger partial charge is 0.242 e. The first-order valence-electron chi connectivity index (χ1n) is 9.86. The van der Waals surface area contributed by atoms with Gasteiger partial charge in [-0.2, -0.15) is 0 Å². The minimum absolute atomic E-state index is 0.000359. The van der Waals surface area contributed by atoms with Crippen LogP contribution in [0.3, 0.4) is 0 Å². The number of carbonyl (C=O) groups is 2. The van der Waals surface area contributed by atoms with Gasteiger partial charge in [-0.1, -0.05) is 48.5 Å². The summed E-state index contributed by atoms with van der Waals surface area (Å²) in [5, 5.41) is 8.29. The van der Waals surface area contributed by atoms with E-state index in [0.717, 1.165) is 28.4 Å². The minimum atomic E-state index is -0.150. The highest BCUT2D eigenvalue weighted by Crippen LogP contribution is 2.21. The van der Waals surface area contributed by atoms with Gasteiger partial charge >= 0.3 is 0 Å². The van der Waals surface area contributed by atoms with E-state index in [4.69, 9.17) is 0 Å². The summed E-state index contributed by atoms with van der Waals surface area (Å²) in [5.74, 6) is -0.227. The number of pyridine rings is 1. The molecule has 6 nitrogen and oxygen atoms in total. The molecule has 1 saturated heterocycles. The number of carbonyl (C=O) groups excluding carboxylic acids is 2. The predicted octanol–water partition coefficient (Wildman–Crippen LogP) is 2.07. The quantitative estimate of drug-likeness (QED) is 0.702. The van der Waals surface area contributed by atoms with Gasteiger partial charge < -0.3 is 15.5 Å². The zero-order valence-electron chi connectivity index (χ0n) is 16.2. The summed E-state index contributed by atoms with van der Waals surface area (Å²) >= 11 is 0. The third-order valence-electron chi connectivity index (χ3n) is 5.30. The van der Waals surface area contributed by atoms with E-state index in [-0.39, 0.29) is 30.8 Å². The Morgan fingerprint density at radius 2 is 1.97 bits per heavy atom. The average molecular weight is 388 g/mol. The first kappa shape index (κ1) is 19.1. The van der Waals surface area contributed by atoms with E-state index in [2.05, 4.69) is 15.6 Å². The molecule has 1 atom stereocenters. The predicted molar refractivity (Wildman–Crippen MR) is 112 cm³/mol. The van der Waals surface area contributed by atoms with Crippen molar-refractivity contribution in [1.29, 1.82) is 0 Å².